The van der Waals surface area contributed by atoms with E-state index >= 15 is 0 Å². The number of nitrogens with one attached hydrogen (secondary N) is 1. The summed E-state index contributed by atoms with van der Waals surface area (Å²) in [6.45, 7) is 3.49. The number of hydrogen-bond donors (Lipinski definition) is 1. The lowest BCUT2D eigenvalue weighted by molar-refractivity contribution is 0.374. The fourth-order valence-corrected chi connectivity index (χ4v) is 4.56. The number of sulfonamides is 1. The summed E-state index contributed by atoms with van der Waals surface area (Å²) < 4.78 is 32.6. The van der Waals surface area contributed by atoms with Crippen molar-refractivity contribution in [1.29, 1.82) is 0 Å². The maximum atomic E-state index is 13.0. The lowest BCUT2D eigenvalue weighted by Gasteiger charge is -2.24. The Bertz CT molecular complexity index is 633. The highest BCUT2D eigenvalue weighted by Gasteiger charge is 2.39. The number of benzene rings is 1. The van der Waals surface area contributed by atoms with E-state index in [9.17, 15) is 13.3 Å². The first-order chi connectivity index (χ1) is 10.4. The van der Waals surface area contributed by atoms with Crippen molar-refractivity contribution in [1.82, 2.24) is 9.62 Å². The van der Waals surface area contributed by atoms with E-state index in [1.807, 2.05) is 0 Å². The molecule has 0 heterocycles. The van der Waals surface area contributed by atoms with Crippen LogP contribution in [0.5, 0.6) is 5.75 Å². The summed E-state index contributed by atoms with van der Waals surface area (Å²) in [6.07, 6.45) is 1.67. The smallest absolute Gasteiger partial charge is 0.245 e. The highest BCUT2D eigenvalue weighted by atomic mass is 32.2. The highest BCUT2D eigenvalue weighted by molar-refractivity contribution is 7.89. The van der Waals surface area contributed by atoms with E-state index in [4.69, 9.17) is 4.74 Å². The zero-order chi connectivity index (χ0) is 16.3. The molecule has 1 aliphatic rings. The molecule has 0 aliphatic heterocycles. The Morgan fingerprint density at radius 1 is 1.32 bits per heavy atom. The number of aryl methyl sites for hydroxylation is 2. The fourth-order valence-electron chi connectivity index (χ4n) is 2.53. The number of ether oxygens (including phenoxy) is 1. The second-order valence-corrected chi connectivity index (χ2v) is 7.24. The van der Waals surface area contributed by atoms with Gasteiger partial charge in [0.25, 0.3) is 0 Å². The Morgan fingerprint density at radius 3 is 2.36 bits per heavy atom. The van der Waals surface area contributed by atoms with Gasteiger partial charge in [0, 0.05) is 6.04 Å². The number of methoxy groups -OCH3 is 1. The van der Waals surface area contributed by atoms with Crippen LogP contribution in [0.1, 0.15) is 24.0 Å². The fraction of sp³-hybridized carbons (Fsp3) is 0.571. The predicted octanol–water partition coefficient (Wildman–Crippen LogP) is 1.74. The van der Waals surface area contributed by atoms with E-state index in [2.05, 4.69) is 10.5 Å². The van der Waals surface area contributed by atoms with Gasteiger partial charge in [-0.2, -0.15) is 4.31 Å². The lowest BCUT2D eigenvalue weighted by atomic mass is 10.1. The molecule has 0 aromatic heterocycles. The third kappa shape index (κ3) is 3.45. The summed E-state index contributed by atoms with van der Waals surface area (Å²) in [5, 5.41) is 5.44. The molecule has 1 aromatic carbocycles. The summed E-state index contributed by atoms with van der Waals surface area (Å²) in [5.41, 5.74) is 1.30. The molecule has 1 saturated carbocycles. The van der Waals surface area contributed by atoms with Crippen LogP contribution in [0.3, 0.4) is 0 Å². The van der Waals surface area contributed by atoms with Crippen molar-refractivity contribution in [2.75, 3.05) is 20.4 Å². The van der Waals surface area contributed by atoms with Crippen molar-refractivity contribution in [3.63, 3.8) is 0 Å². The van der Waals surface area contributed by atoms with Crippen LogP contribution in [0.2, 0.25) is 0 Å². The van der Waals surface area contributed by atoms with Crippen LogP contribution < -0.4 is 10.1 Å². The van der Waals surface area contributed by atoms with Crippen LogP contribution in [0, 0.1) is 18.8 Å². The predicted molar refractivity (Wildman–Crippen MR) is 83.2 cm³/mol. The van der Waals surface area contributed by atoms with Crippen molar-refractivity contribution >= 4 is 10.0 Å². The number of nitrogens with zero attached hydrogens (tertiary/aromatic N) is 2. The van der Waals surface area contributed by atoms with Crippen molar-refractivity contribution in [2.24, 2.45) is 5.18 Å². The minimum atomic E-state index is -3.63. The zero-order valence-corrected chi connectivity index (χ0v) is 13.8. The second-order valence-electron chi connectivity index (χ2n) is 5.41. The van der Waals surface area contributed by atoms with Gasteiger partial charge in [-0.05, 0) is 49.9 Å². The minimum Gasteiger partial charge on any atom is -0.497 e. The molecule has 0 amide bonds. The van der Waals surface area contributed by atoms with E-state index in [-0.39, 0.29) is 19.4 Å². The second kappa shape index (κ2) is 6.72. The molecule has 2 rings (SSSR count). The van der Waals surface area contributed by atoms with Crippen LogP contribution in [0.25, 0.3) is 0 Å². The van der Waals surface area contributed by atoms with Crippen LogP contribution in [-0.2, 0) is 10.0 Å². The van der Waals surface area contributed by atoms with Gasteiger partial charge in [-0.15, -0.1) is 4.91 Å². The molecule has 1 aliphatic carbocycles. The first kappa shape index (κ1) is 16.9. The first-order valence-corrected chi connectivity index (χ1v) is 8.52. The average molecular weight is 327 g/mol. The normalized spacial score (nSPS) is 15.1. The van der Waals surface area contributed by atoms with Gasteiger partial charge >= 0.3 is 0 Å². The summed E-state index contributed by atoms with van der Waals surface area (Å²) in [6, 6.07) is 3.42. The maximum absolute atomic E-state index is 13.0. The van der Waals surface area contributed by atoms with Gasteiger partial charge in [-0.1, -0.05) is 5.18 Å². The number of hydrogen-bond acceptors (Lipinski definition) is 6. The van der Waals surface area contributed by atoms with E-state index in [1.165, 1.54) is 4.31 Å². The topological polar surface area (TPSA) is 88.1 Å². The molecule has 0 radical (unpaired) electrons. The standard InChI is InChI=1S/C14H21N3O4S/c1-10-6-13(21-3)7-11(2)14(10)22(19,20)17(12-4-5-12)9-15-8-16-18/h6-7,12,15H,4-5,8-9H2,1-3H3. The van der Waals surface area contributed by atoms with Gasteiger partial charge in [-0.25, -0.2) is 8.42 Å². The molecule has 1 N–H and O–H groups in total. The van der Waals surface area contributed by atoms with E-state index < -0.39 is 10.0 Å². The van der Waals surface area contributed by atoms with Crippen LogP contribution >= 0.6 is 0 Å². The van der Waals surface area contributed by atoms with Crippen molar-refractivity contribution in [2.45, 2.75) is 37.6 Å². The molecule has 0 spiro atoms. The third-order valence-electron chi connectivity index (χ3n) is 3.63. The Kier molecular flexibility index (Phi) is 5.15. The van der Waals surface area contributed by atoms with Gasteiger partial charge in [-0.3, -0.25) is 5.32 Å². The van der Waals surface area contributed by atoms with Gasteiger partial charge in [0.1, 0.15) is 12.4 Å². The van der Waals surface area contributed by atoms with Gasteiger partial charge < -0.3 is 4.74 Å². The van der Waals surface area contributed by atoms with Crippen molar-refractivity contribution < 1.29 is 13.2 Å². The molecular formula is C14H21N3O4S. The summed E-state index contributed by atoms with van der Waals surface area (Å²) in [7, 11) is -2.08. The summed E-state index contributed by atoms with van der Waals surface area (Å²) in [5.74, 6) is 0.634. The lowest BCUT2D eigenvalue weighted by Crippen LogP contribution is -2.41. The summed E-state index contributed by atoms with van der Waals surface area (Å²) >= 11 is 0. The molecule has 1 aromatic rings. The molecule has 0 saturated heterocycles. The van der Waals surface area contributed by atoms with Gasteiger partial charge in [0.15, 0.2) is 0 Å². The quantitative estimate of drug-likeness (QED) is 0.446. The zero-order valence-electron chi connectivity index (χ0n) is 13.0. The average Bonchev–Trinajstić information content (AvgIpc) is 3.26. The Balaban J connectivity index is 2.37. The molecule has 22 heavy (non-hydrogen) atoms. The largest absolute Gasteiger partial charge is 0.497 e. The minimum absolute atomic E-state index is 0.00921. The Morgan fingerprint density at radius 2 is 1.91 bits per heavy atom. The van der Waals surface area contributed by atoms with Crippen LogP contribution in [-0.4, -0.2) is 39.2 Å². The molecule has 122 valence electrons. The number of nitroso groups, excluding NO2 is 1. The third-order valence-corrected chi connectivity index (χ3v) is 5.84. The van der Waals surface area contributed by atoms with Crippen LogP contribution in [0.4, 0.5) is 0 Å². The molecule has 0 atom stereocenters. The Hall–Kier alpha value is -1.51. The van der Waals surface area contributed by atoms with E-state index in [1.54, 1.807) is 33.1 Å². The SMILES string of the molecule is COc1cc(C)c(S(=O)(=O)N(CNCN=O)C2CC2)c(C)c1. The van der Waals surface area contributed by atoms with Crippen molar-refractivity contribution in [3.05, 3.63) is 28.2 Å². The maximum Gasteiger partial charge on any atom is 0.245 e. The molecule has 0 bridgehead atoms. The molecule has 8 heteroatoms. The Labute approximate surface area is 130 Å². The number of rotatable bonds is 8. The molecule has 7 nitrogen and oxygen atoms in total. The molecule has 0 unspecified atom stereocenters. The van der Waals surface area contributed by atoms with E-state index in [0.29, 0.717) is 21.8 Å². The van der Waals surface area contributed by atoms with Gasteiger partial charge in [0.2, 0.25) is 10.0 Å². The van der Waals surface area contributed by atoms with Crippen LogP contribution in [0.15, 0.2) is 22.2 Å². The monoisotopic (exact) mass is 327 g/mol. The van der Waals surface area contributed by atoms with E-state index in [0.717, 1.165) is 12.8 Å². The summed E-state index contributed by atoms with van der Waals surface area (Å²) in [4.78, 5) is 10.5. The molecular weight excluding hydrogens is 306 g/mol. The first-order valence-electron chi connectivity index (χ1n) is 7.08. The highest BCUT2D eigenvalue weighted by Crippen LogP contribution is 2.34. The molecule has 1 fully saturated rings. The van der Waals surface area contributed by atoms with Gasteiger partial charge in [0.05, 0.1) is 18.7 Å². The van der Waals surface area contributed by atoms with Crippen molar-refractivity contribution in [3.8, 4) is 5.75 Å².